The van der Waals surface area contributed by atoms with Gasteiger partial charge in [0.05, 0.1) is 0 Å². The maximum absolute atomic E-state index is 5.91. The molecule has 68 valence electrons. The van der Waals surface area contributed by atoms with Gasteiger partial charge >= 0.3 is 0 Å². The Morgan fingerprint density at radius 1 is 1.18 bits per heavy atom. The van der Waals surface area contributed by atoms with E-state index in [2.05, 4.69) is 26.1 Å². The Balaban J connectivity index is 3.56. The van der Waals surface area contributed by atoms with Crippen LogP contribution in [0.3, 0.4) is 0 Å². The summed E-state index contributed by atoms with van der Waals surface area (Å²) >= 11 is 0. The zero-order chi connectivity index (χ0) is 8.69. The molecule has 0 aromatic carbocycles. The van der Waals surface area contributed by atoms with Gasteiger partial charge in [0.25, 0.3) is 0 Å². The van der Waals surface area contributed by atoms with E-state index < -0.39 is 0 Å². The fourth-order valence-corrected chi connectivity index (χ4v) is 1.21. The zero-order valence-electron chi connectivity index (χ0n) is 8.06. The van der Waals surface area contributed by atoms with Gasteiger partial charge in [0.2, 0.25) is 0 Å². The Hall–Kier alpha value is -0.0800. The minimum atomic E-state index is 0.326. The molecule has 0 bridgehead atoms. The van der Waals surface area contributed by atoms with E-state index in [0.717, 1.165) is 19.4 Å². The lowest BCUT2D eigenvalue weighted by Crippen LogP contribution is -2.44. The molecule has 3 N–H and O–H groups in total. The van der Waals surface area contributed by atoms with Crippen LogP contribution in [0.5, 0.6) is 0 Å². The molecule has 0 saturated heterocycles. The molecule has 2 nitrogen and oxygen atoms in total. The molecule has 0 aliphatic heterocycles. The monoisotopic (exact) mass is 158 g/mol. The van der Waals surface area contributed by atoms with Crippen molar-refractivity contribution in [3.05, 3.63) is 0 Å². The second-order valence-corrected chi connectivity index (χ2v) is 3.04. The van der Waals surface area contributed by atoms with Crippen LogP contribution in [-0.2, 0) is 0 Å². The highest BCUT2D eigenvalue weighted by Gasteiger charge is 2.11. The summed E-state index contributed by atoms with van der Waals surface area (Å²) in [4.78, 5) is 0. The van der Waals surface area contributed by atoms with Gasteiger partial charge in [-0.3, -0.25) is 0 Å². The van der Waals surface area contributed by atoms with E-state index in [0.29, 0.717) is 12.1 Å². The van der Waals surface area contributed by atoms with Crippen molar-refractivity contribution in [1.29, 1.82) is 0 Å². The molecule has 0 aliphatic rings. The average Bonchev–Trinajstić information content (AvgIpc) is 2.05. The summed E-state index contributed by atoms with van der Waals surface area (Å²) in [5.41, 5.74) is 5.91. The summed E-state index contributed by atoms with van der Waals surface area (Å²) in [5, 5.41) is 3.44. The first-order valence-electron chi connectivity index (χ1n) is 4.75. The van der Waals surface area contributed by atoms with E-state index in [-0.39, 0.29) is 0 Å². The Bertz CT molecular complexity index is 83.6. The third-order valence-corrected chi connectivity index (χ3v) is 2.08. The highest BCUT2D eigenvalue weighted by atomic mass is 14.9. The van der Waals surface area contributed by atoms with Crippen molar-refractivity contribution in [3.8, 4) is 0 Å². The molecule has 2 unspecified atom stereocenters. The maximum Gasteiger partial charge on any atom is 0.0216 e. The second-order valence-electron chi connectivity index (χ2n) is 3.04. The summed E-state index contributed by atoms with van der Waals surface area (Å²) in [6.45, 7) is 7.59. The van der Waals surface area contributed by atoms with Gasteiger partial charge in [0, 0.05) is 12.1 Å². The molecule has 0 saturated carbocycles. The minimum absolute atomic E-state index is 0.326. The standard InChI is InChI=1S/C9H22N2/c1-4-7-11-9(6-3)8(10)5-2/h8-9,11H,4-7,10H2,1-3H3. The molecule has 2 heteroatoms. The summed E-state index contributed by atoms with van der Waals surface area (Å²) in [6.07, 6.45) is 3.39. The van der Waals surface area contributed by atoms with Gasteiger partial charge in [-0.2, -0.15) is 0 Å². The van der Waals surface area contributed by atoms with Crippen LogP contribution in [0.25, 0.3) is 0 Å². The van der Waals surface area contributed by atoms with Gasteiger partial charge in [-0.15, -0.1) is 0 Å². The minimum Gasteiger partial charge on any atom is -0.326 e. The smallest absolute Gasteiger partial charge is 0.0216 e. The summed E-state index contributed by atoms with van der Waals surface area (Å²) < 4.78 is 0. The van der Waals surface area contributed by atoms with Crippen molar-refractivity contribution in [2.75, 3.05) is 6.54 Å². The van der Waals surface area contributed by atoms with E-state index in [9.17, 15) is 0 Å². The van der Waals surface area contributed by atoms with Crippen molar-refractivity contribution >= 4 is 0 Å². The molecule has 0 heterocycles. The molecule has 0 aromatic rings. The maximum atomic E-state index is 5.91. The molecule has 0 rings (SSSR count). The fraction of sp³-hybridized carbons (Fsp3) is 1.00. The zero-order valence-corrected chi connectivity index (χ0v) is 8.06. The van der Waals surface area contributed by atoms with Gasteiger partial charge in [0.15, 0.2) is 0 Å². The van der Waals surface area contributed by atoms with Gasteiger partial charge in [0.1, 0.15) is 0 Å². The highest BCUT2D eigenvalue weighted by molar-refractivity contribution is 4.76. The number of hydrogen-bond acceptors (Lipinski definition) is 2. The van der Waals surface area contributed by atoms with Crippen LogP contribution in [0.1, 0.15) is 40.0 Å². The van der Waals surface area contributed by atoms with Crippen molar-refractivity contribution in [2.45, 2.75) is 52.1 Å². The summed E-state index contributed by atoms with van der Waals surface area (Å²) in [7, 11) is 0. The number of hydrogen-bond donors (Lipinski definition) is 2. The average molecular weight is 158 g/mol. The summed E-state index contributed by atoms with van der Waals surface area (Å²) in [5.74, 6) is 0. The summed E-state index contributed by atoms with van der Waals surface area (Å²) in [6, 6.07) is 0.839. The molecule has 0 fully saturated rings. The first-order chi connectivity index (χ1) is 5.26. The lowest BCUT2D eigenvalue weighted by atomic mass is 10.0. The molecule has 0 aromatic heterocycles. The predicted molar refractivity (Wildman–Crippen MR) is 50.6 cm³/mol. The number of nitrogens with one attached hydrogen (secondary N) is 1. The predicted octanol–water partition coefficient (Wildman–Crippen LogP) is 1.50. The first kappa shape index (κ1) is 10.9. The third kappa shape index (κ3) is 4.38. The Morgan fingerprint density at radius 2 is 1.82 bits per heavy atom. The largest absolute Gasteiger partial charge is 0.326 e. The molecule has 2 atom stereocenters. The molecule has 0 radical (unpaired) electrons. The Kier molecular flexibility index (Phi) is 6.57. The van der Waals surface area contributed by atoms with Crippen LogP contribution < -0.4 is 11.1 Å². The van der Waals surface area contributed by atoms with E-state index in [1.807, 2.05) is 0 Å². The molecule has 0 amide bonds. The van der Waals surface area contributed by atoms with Gasteiger partial charge in [-0.25, -0.2) is 0 Å². The molecular weight excluding hydrogens is 136 g/mol. The third-order valence-electron chi connectivity index (χ3n) is 2.08. The molecule has 11 heavy (non-hydrogen) atoms. The SMILES string of the molecule is CCCNC(CC)C(N)CC. The lowest BCUT2D eigenvalue weighted by molar-refractivity contribution is 0.410. The number of rotatable bonds is 6. The lowest BCUT2D eigenvalue weighted by Gasteiger charge is -2.22. The molecular formula is C9H22N2. The quantitative estimate of drug-likeness (QED) is 0.615. The van der Waals surface area contributed by atoms with Crippen LogP contribution in [0.2, 0.25) is 0 Å². The Labute approximate surface area is 70.5 Å². The van der Waals surface area contributed by atoms with E-state index >= 15 is 0 Å². The molecule has 0 spiro atoms. The van der Waals surface area contributed by atoms with E-state index in [1.54, 1.807) is 0 Å². The van der Waals surface area contributed by atoms with E-state index in [4.69, 9.17) is 5.73 Å². The Morgan fingerprint density at radius 3 is 2.18 bits per heavy atom. The topological polar surface area (TPSA) is 38.0 Å². The normalized spacial score (nSPS) is 16.4. The van der Waals surface area contributed by atoms with Gasteiger partial charge in [-0.05, 0) is 25.8 Å². The number of nitrogens with two attached hydrogens (primary N) is 1. The van der Waals surface area contributed by atoms with Gasteiger partial charge in [-0.1, -0.05) is 20.8 Å². The van der Waals surface area contributed by atoms with Crippen LogP contribution >= 0.6 is 0 Å². The van der Waals surface area contributed by atoms with Crippen molar-refractivity contribution in [1.82, 2.24) is 5.32 Å². The first-order valence-corrected chi connectivity index (χ1v) is 4.75. The second kappa shape index (κ2) is 6.62. The van der Waals surface area contributed by atoms with Crippen LogP contribution in [0.4, 0.5) is 0 Å². The highest BCUT2D eigenvalue weighted by Crippen LogP contribution is 1.99. The van der Waals surface area contributed by atoms with Crippen LogP contribution in [-0.4, -0.2) is 18.6 Å². The van der Waals surface area contributed by atoms with Crippen molar-refractivity contribution in [2.24, 2.45) is 5.73 Å². The van der Waals surface area contributed by atoms with Crippen molar-refractivity contribution < 1.29 is 0 Å². The fourth-order valence-electron chi connectivity index (χ4n) is 1.21. The van der Waals surface area contributed by atoms with Crippen LogP contribution in [0.15, 0.2) is 0 Å². The van der Waals surface area contributed by atoms with Crippen LogP contribution in [0, 0.1) is 0 Å². The van der Waals surface area contributed by atoms with E-state index in [1.165, 1.54) is 6.42 Å². The van der Waals surface area contributed by atoms with Gasteiger partial charge < -0.3 is 11.1 Å². The molecule has 0 aliphatic carbocycles. The van der Waals surface area contributed by atoms with Crippen molar-refractivity contribution in [3.63, 3.8) is 0 Å².